The number of benzene rings is 1. The number of aromatic nitrogens is 2. The summed E-state index contributed by atoms with van der Waals surface area (Å²) in [5.74, 6) is -4.39. The first-order valence-electron chi connectivity index (χ1n) is 8.09. The van der Waals surface area contributed by atoms with E-state index in [2.05, 4.69) is 20.8 Å². The van der Waals surface area contributed by atoms with Crippen molar-refractivity contribution in [1.82, 2.24) is 15.5 Å². The van der Waals surface area contributed by atoms with Crippen LogP contribution in [0.15, 0.2) is 24.3 Å². The molecule has 1 aliphatic rings. The number of nitrogens with zero attached hydrogens (tertiary/aromatic N) is 2. The largest absolute Gasteiger partial charge is 0.348 e. The first-order chi connectivity index (χ1) is 12.0. The zero-order valence-electron chi connectivity index (χ0n) is 13.4. The van der Waals surface area contributed by atoms with Gasteiger partial charge in [0.15, 0.2) is 29.0 Å². The highest BCUT2D eigenvalue weighted by Crippen LogP contribution is 2.22. The molecule has 3 rings (SSSR count). The molecule has 0 radical (unpaired) electrons. The molecule has 25 heavy (non-hydrogen) atoms. The Morgan fingerprint density at radius 1 is 0.960 bits per heavy atom. The van der Waals surface area contributed by atoms with Crippen molar-refractivity contribution < 1.29 is 18.0 Å². The Balaban J connectivity index is 1.66. The van der Waals surface area contributed by atoms with Gasteiger partial charge in [0.25, 0.3) is 5.91 Å². The smallest absolute Gasteiger partial charge is 0.272 e. The number of anilines is 2. The van der Waals surface area contributed by atoms with Crippen molar-refractivity contribution in [2.24, 2.45) is 0 Å². The number of carbonyl (C=O) groups excluding carboxylic acids is 1. The second kappa shape index (κ2) is 7.50. The number of nitrogens with one attached hydrogen (secondary N) is 2. The van der Waals surface area contributed by atoms with Crippen LogP contribution >= 0.6 is 0 Å². The number of amides is 1. The second-order valence-corrected chi connectivity index (χ2v) is 5.96. The number of hydrogen-bond acceptors (Lipinski definition) is 4. The molecule has 2 aromatic rings. The molecule has 0 atom stereocenters. The zero-order valence-corrected chi connectivity index (χ0v) is 13.4. The highest BCUT2D eigenvalue weighted by molar-refractivity contribution is 5.92. The maximum Gasteiger partial charge on any atom is 0.272 e. The zero-order chi connectivity index (χ0) is 17.8. The first-order valence-corrected chi connectivity index (χ1v) is 8.09. The Morgan fingerprint density at radius 2 is 1.72 bits per heavy atom. The van der Waals surface area contributed by atoms with Gasteiger partial charge < -0.3 is 10.6 Å². The normalized spacial score (nSPS) is 15.0. The molecule has 1 saturated carbocycles. The van der Waals surface area contributed by atoms with Crippen LogP contribution in [0.25, 0.3) is 0 Å². The summed E-state index contributed by atoms with van der Waals surface area (Å²) in [6.45, 7) is 0. The van der Waals surface area contributed by atoms with Gasteiger partial charge in [0.2, 0.25) is 0 Å². The highest BCUT2D eigenvalue weighted by atomic mass is 19.2. The van der Waals surface area contributed by atoms with E-state index in [9.17, 15) is 18.0 Å². The van der Waals surface area contributed by atoms with Crippen LogP contribution in [0.4, 0.5) is 24.7 Å². The van der Waals surface area contributed by atoms with E-state index < -0.39 is 17.5 Å². The van der Waals surface area contributed by atoms with Crippen molar-refractivity contribution in [3.8, 4) is 0 Å². The van der Waals surface area contributed by atoms with Crippen LogP contribution in [0.3, 0.4) is 0 Å². The molecule has 0 bridgehead atoms. The predicted molar refractivity (Wildman–Crippen MR) is 86.0 cm³/mol. The topological polar surface area (TPSA) is 66.9 Å². The van der Waals surface area contributed by atoms with E-state index in [1.165, 1.54) is 18.6 Å². The monoisotopic (exact) mass is 350 g/mol. The molecule has 1 aromatic heterocycles. The molecule has 1 heterocycles. The minimum atomic E-state index is -1.57. The van der Waals surface area contributed by atoms with Gasteiger partial charge in [0.05, 0.1) is 5.69 Å². The standard InChI is InChI=1S/C17H17F3N4O/c18-11-6-7-12(16(20)15(11)19)22-14-9-8-13(23-24-14)17(25)21-10-4-2-1-3-5-10/h6-10H,1-5H2,(H,21,25)(H,22,24). The summed E-state index contributed by atoms with van der Waals surface area (Å²) in [6.07, 6.45) is 5.29. The molecule has 0 saturated heterocycles. The third kappa shape index (κ3) is 4.07. The van der Waals surface area contributed by atoms with Crippen LogP contribution in [0.1, 0.15) is 42.6 Å². The fourth-order valence-corrected chi connectivity index (χ4v) is 2.79. The Labute approximate surface area is 142 Å². The molecule has 1 aliphatic carbocycles. The van der Waals surface area contributed by atoms with Crippen molar-refractivity contribution in [2.45, 2.75) is 38.1 Å². The molecule has 1 fully saturated rings. The van der Waals surface area contributed by atoms with Gasteiger partial charge in [-0.1, -0.05) is 19.3 Å². The number of halogens is 3. The summed E-state index contributed by atoms with van der Waals surface area (Å²) in [4.78, 5) is 12.1. The molecule has 132 valence electrons. The van der Waals surface area contributed by atoms with Gasteiger partial charge in [0, 0.05) is 6.04 Å². The molecule has 5 nitrogen and oxygen atoms in total. The molecule has 2 N–H and O–H groups in total. The van der Waals surface area contributed by atoms with Crippen LogP contribution in [-0.2, 0) is 0 Å². The third-order valence-electron chi connectivity index (χ3n) is 4.14. The lowest BCUT2D eigenvalue weighted by Gasteiger charge is -2.22. The fourth-order valence-electron chi connectivity index (χ4n) is 2.79. The lowest BCUT2D eigenvalue weighted by molar-refractivity contribution is 0.0921. The van der Waals surface area contributed by atoms with Crippen LogP contribution in [0.2, 0.25) is 0 Å². The quantitative estimate of drug-likeness (QED) is 0.825. The van der Waals surface area contributed by atoms with E-state index >= 15 is 0 Å². The lowest BCUT2D eigenvalue weighted by Crippen LogP contribution is -2.36. The summed E-state index contributed by atoms with van der Waals surface area (Å²) < 4.78 is 39.8. The molecule has 0 spiro atoms. The van der Waals surface area contributed by atoms with Gasteiger partial charge in [0.1, 0.15) is 0 Å². The van der Waals surface area contributed by atoms with Crippen molar-refractivity contribution in [3.63, 3.8) is 0 Å². The van der Waals surface area contributed by atoms with Gasteiger partial charge in [-0.15, -0.1) is 10.2 Å². The van der Waals surface area contributed by atoms with E-state index in [0.29, 0.717) is 0 Å². The Bertz CT molecular complexity index is 761. The average Bonchev–Trinajstić information content (AvgIpc) is 2.63. The fraction of sp³-hybridized carbons (Fsp3) is 0.353. The van der Waals surface area contributed by atoms with E-state index in [4.69, 9.17) is 0 Å². The van der Waals surface area contributed by atoms with E-state index in [1.54, 1.807) is 0 Å². The van der Waals surface area contributed by atoms with Gasteiger partial charge in [-0.2, -0.15) is 0 Å². The van der Waals surface area contributed by atoms with Crippen LogP contribution in [0.5, 0.6) is 0 Å². The molecule has 8 heteroatoms. The maximum absolute atomic E-state index is 13.6. The molecule has 0 unspecified atom stereocenters. The van der Waals surface area contributed by atoms with E-state index in [0.717, 1.165) is 37.8 Å². The summed E-state index contributed by atoms with van der Waals surface area (Å²) in [5, 5.41) is 13.0. The van der Waals surface area contributed by atoms with Crippen LogP contribution in [-0.4, -0.2) is 22.1 Å². The van der Waals surface area contributed by atoms with Gasteiger partial charge in [-0.05, 0) is 37.1 Å². The SMILES string of the molecule is O=C(NC1CCCCC1)c1ccc(Nc2ccc(F)c(F)c2F)nn1. The first kappa shape index (κ1) is 17.2. The predicted octanol–water partition coefficient (Wildman–Crippen LogP) is 3.70. The minimum Gasteiger partial charge on any atom is -0.348 e. The second-order valence-electron chi connectivity index (χ2n) is 5.96. The molecule has 1 amide bonds. The number of rotatable bonds is 4. The summed E-state index contributed by atoms with van der Waals surface area (Å²) in [5.41, 5.74) is -0.130. The van der Waals surface area contributed by atoms with E-state index in [1.807, 2.05) is 0 Å². The van der Waals surface area contributed by atoms with Crippen molar-refractivity contribution in [1.29, 1.82) is 0 Å². The maximum atomic E-state index is 13.6. The Hall–Kier alpha value is -2.64. The molecule has 0 aliphatic heterocycles. The van der Waals surface area contributed by atoms with Crippen molar-refractivity contribution in [3.05, 3.63) is 47.4 Å². The lowest BCUT2D eigenvalue weighted by atomic mass is 9.95. The summed E-state index contributed by atoms with van der Waals surface area (Å²) >= 11 is 0. The minimum absolute atomic E-state index is 0.110. The van der Waals surface area contributed by atoms with Crippen LogP contribution in [0, 0.1) is 17.5 Å². The average molecular weight is 350 g/mol. The molecular weight excluding hydrogens is 333 g/mol. The third-order valence-corrected chi connectivity index (χ3v) is 4.14. The van der Waals surface area contributed by atoms with Crippen molar-refractivity contribution >= 4 is 17.4 Å². The number of carbonyl (C=O) groups is 1. The molecule has 1 aromatic carbocycles. The van der Waals surface area contributed by atoms with Gasteiger partial charge in [-0.3, -0.25) is 4.79 Å². The highest BCUT2D eigenvalue weighted by Gasteiger charge is 2.18. The van der Waals surface area contributed by atoms with Crippen LogP contribution < -0.4 is 10.6 Å². The Morgan fingerprint density at radius 3 is 2.40 bits per heavy atom. The Kier molecular flexibility index (Phi) is 5.16. The summed E-state index contributed by atoms with van der Waals surface area (Å²) in [7, 11) is 0. The van der Waals surface area contributed by atoms with E-state index in [-0.39, 0.29) is 29.1 Å². The van der Waals surface area contributed by atoms with Gasteiger partial charge in [-0.25, -0.2) is 13.2 Å². The number of hydrogen-bond donors (Lipinski definition) is 2. The summed E-state index contributed by atoms with van der Waals surface area (Å²) in [6, 6.07) is 4.87. The molecular formula is C17H17F3N4O. The van der Waals surface area contributed by atoms with Gasteiger partial charge >= 0.3 is 0 Å². The van der Waals surface area contributed by atoms with Crippen molar-refractivity contribution in [2.75, 3.05) is 5.32 Å².